The summed E-state index contributed by atoms with van der Waals surface area (Å²) in [5.74, 6) is 1.63. The molecule has 2 N–H and O–H groups in total. The summed E-state index contributed by atoms with van der Waals surface area (Å²) in [7, 11) is 1.84. The van der Waals surface area contributed by atoms with Crippen LogP contribution in [0.5, 0.6) is 0 Å². The van der Waals surface area contributed by atoms with Crippen LogP contribution in [-0.4, -0.2) is 41.3 Å². The van der Waals surface area contributed by atoms with E-state index in [0.717, 1.165) is 11.6 Å². The van der Waals surface area contributed by atoms with E-state index in [-0.39, 0.29) is 6.61 Å². The van der Waals surface area contributed by atoms with Gasteiger partial charge in [-0.2, -0.15) is 0 Å². The van der Waals surface area contributed by atoms with Crippen molar-refractivity contribution in [1.82, 2.24) is 9.97 Å². The molecule has 1 aromatic heterocycles. The summed E-state index contributed by atoms with van der Waals surface area (Å²) in [5.41, 5.74) is 0. The van der Waals surface area contributed by atoms with Gasteiger partial charge in [0.25, 0.3) is 0 Å². The minimum atomic E-state index is 0.155. The van der Waals surface area contributed by atoms with Crippen LogP contribution in [-0.2, 0) is 0 Å². The van der Waals surface area contributed by atoms with Gasteiger partial charge >= 0.3 is 0 Å². The van der Waals surface area contributed by atoms with Crippen molar-refractivity contribution in [3.8, 4) is 0 Å². The second-order valence-corrected chi connectivity index (χ2v) is 4.72. The van der Waals surface area contributed by atoms with Crippen molar-refractivity contribution in [2.75, 3.05) is 30.4 Å². The Kier molecular flexibility index (Phi) is 4.75. The molecule has 1 aliphatic rings. The van der Waals surface area contributed by atoms with Crippen LogP contribution < -0.4 is 10.2 Å². The number of hydrogen-bond acceptors (Lipinski definition) is 5. The Hall–Kier alpha value is -1.36. The van der Waals surface area contributed by atoms with Crippen molar-refractivity contribution in [3.63, 3.8) is 0 Å². The Morgan fingerprint density at radius 1 is 1.33 bits per heavy atom. The fourth-order valence-electron chi connectivity index (χ4n) is 2.60. The fraction of sp³-hybridized carbons (Fsp3) is 0.692. The Bertz CT molecular complexity index is 366. The Labute approximate surface area is 108 Å². The average Bonchev–Trinajstić information content (AvgIpc) is 2.46. The van der Waals surface area contributed by atoms with Gasteiger partial charge in [0.1, 0.15) is 11.6 Å². The average molecular weight is 250 g/mol. The van der Waals surface area contributed by atoms with Crippen LogP contribution in [0, 0.1) is 0 Å². The molecule has 0 aromatic carbocycles. The highest BCUT2D eigenvalue weighted by Crippen LogP contribution is 2.26. The van der Waals surface area contributed by atoms with Gasteiger partial charge in [-0.05, 0) is 12.8 Å². The van der Waals surface area contributed by atoms with E-state index < -0.39 is 0 Å². The molecule has 0 bridgehead atoms. The molecule has 0 aliphatic heterocycles. The van der Waals surface area contributed by atoms with Crippen molar-refractivity contribution in [2.45, 2.75) is 38.1 Å². The predicted octanol–water partition coefficient (Wildman–Crippen LogP) is 1.65. The van der Waals surface area contributed by atoms with Gasteiger partial charge in [0.15, 0.2) is 0 Å². The number of anilines is 2. The summed E-state index contributed by atoms with van der Waals surface area (Å²) in [5, 5.41) is 12.3. The monoisotopic (exact) mass is 250 g/mol. The third kappa shape index (κ3) is 3.10. The Morgan fingerprint density at radius 3 is 2.78 bits per heavy atom. The molecule has 0 radical (unpaired) electrons. The van der Waals surface area contributed by atoms with Gasteiger partial charge in [-0.25, -0.2) is 4.98 Å². The molecule has 0 unspecified atom stereocenters. The summed E-state index contributed by atoms with van der Waals surface area (Å²) in [4.78, 5) is 10.9. The van der Waals surface area contributed by atoms with E-state index in [2.05, 4.69) is 20.2 Å². The minimum Gasteiger partial charge on any atom is -0.395 e. The van der Waals surface area contributed by atoms with Crippen LogP contribution >= 0.6 is 0 Å². The summed E-state index contributed by atoms with van der Waals surface area (Å²) in [6, 6.07) is 0.493. The number of nitrogens with one attached hydrogen (secondary N) is 1. The second kappa shape index (κ2) is 6.54. The quantitative estimate of drug-likeness (QED) is 0.832. The van der Waals surface area contributed by atoms with Crippen molar-refractivity contribution < 1.29 is 5.11 Å². The molecule has 5 nitrogen and oxygen atoms in total. The van der Waals surface area contributed by atoms with Crippen LogP contribution in [0.25, 0.3) is 0 Å². The second-order valence-electron chi connectivity index (χ2n) is 4.72. The molecule has 0 spiro atoms. The fourth-order valence-corrected chi connectivity index (χ4v) is 2.60. The number of nitrogens with zero attached hydrogens (tertiary/aromatic N) is 3. The zero-order valence-corrected chi connectivity index (χ0v) is 11.0. The first-order valence-electron chi connectivity index (χ1n) is 6.72. The highest BCUT2D eigenvalue weighted by Gasteiger charge is 2.22. The van der Waals surface area contributed by atoms with Crippen LogP contribution in [0.4, 0.5) is 11.6 Å². The van der Waals surface area contributed by atoms with Gasteiger partial charge in [0.05, 0.1) is 19.0 Å². The van der Waals surface area contributed by atoms with E-state index in [1.807, 2.05) is 7.05 Å². The lowest BCUT2D eigenvalue weighted by atomic mass is 9.94. The van der Waals surface area contributed by atoms with Crippen LogP contribution in [0.3, 0.4) is 0 Å². The first-order valence-corrected chi connectivity index (χ1v) is 6.72. The first-order chi connectivity index (χ1) is 8.85. The molecule has 0 amide bonds. The summed E-state index contributed by atoms with van der Waals surface area (Å²) in [6.45, 7) is 0.786. The van der Waals surface area contributed by atoms with Gasteiger partial charge in [-0.15, -0.1) is 0 Å². The van der Waals surface area contributed by atoms with Crippen molar-refractivity contribution >= 4 is 11.6 Å². The maximum Gasteiger partial charge on any atom is 0.149 e. The molecular weight excluding hydrogens is 228 g/mol. The van der Waals surface area contributed by atoms with Crippen LogP contribution in [0.2, 0.25) is 0 Å². The molecule has 1 saturated carbocycles. The lowest BCUT2D eigenvalue weighted by Crippen LogP contribution is -2.39. The van der Waals surface area contributed by atoms with E-state index in [1.165, 1.54) is 32.1 Å². The number of aliphatic hydroxyl groups excluding tert-OH is 1. The van der Waals surface area contributed by atoms with Crippen LogP contribution in [0.1, 0.15) is 32.1 Å². The van der Waals surface area contributed by atoms with Crippen LogP contribution in [0.15, 0.2) is 12.4 Å². The third-order valence-corrected chi connectivity index (χ3v) is 3.53. The Balaban J connectivity index is 2.16. The predicted molar refractivity (Wildman–Crippen MR) is 72.9 cm³/mol. The van der Waals surface area contributed by atoms with Gasteiger partial charge < -0.3 is 15.3 Å². The van der Waals surface area contributed by atoms with Crippen molar-refractivity contribution in [1.29, 1.82) is 0 Å². The molecule has 0 atom stereocenters. The van der Waals surface area contributed by atoms with E-state index in [9.17, 15) is 5.11 Å². The summed E-state index contributed by atoms with van der Waals surface area (Å²) >= 11 is 0. The zero-order chi connectivity index (χ0) is 12.8. The number of rotatable bonds is 5. The van der Waals surface area contributed by atoms with E-state index in [4.69, 9.17) is 0 Å². The molecule has 1 fully saturated rings. The normalized spacial score (nSPS) is 16.6. The number of hydrogen-bond donors (Lipinski definition) is 2. The maximum absolute atomic E-state index is 9.25. The molecule has 0 saturated heterocycles. The van der Waals surface area contributed by atoms with Gasteiger partial charge in [-0.1, -0.05) is 19.3 Å². The van der Waals surface area contributed by atoms with Gasteiger partial charge in [0.2, 0.25) is 0 Å². The standard InChI is InChI=1S/C13H22N4O/c1-14-12-9-15-10-13(16-12)17(7-8-18)11-5-3-2-4-6-11/h9-11,18H,2-8H2,1H3,(H,14,16). The van der Waals surface area contributed by atoms with E-state index in [0.29, 0.717) is 12.6 Å². The maximum atomic E-state index is 9.25. The molecule has 1 aliphatic carbocycles. The van der Waals surface area contributed by atoms with Crippen molar-refractivity contribution in [3.05, 3.63) is 12.4 Å². The summed E-state index contributed by atoms with van der Waals surface area (Å²) < 4.78 is 0. The lowest BCUT2D eigenvalue weighted by molar-refractivity contribution is 0.289. The Morgan fingerprint density at radius 2 is 2.11 bits per heavy atom. The number of aliphatic hydroxyl groups is 1. The molecule has 1 heterocycles. The van der Waals surface area contributed by atoms with E-state index >= 15 is 0 Å². The van der Waals surface area contributed by atoms with Crippen molar-refractivity contribution in [2.24, 2.45) is 0 Å². The van der Waals surface area contributed by atoms with Gasteiger partial charge in [0, 0.05) is 19.6 Å². The molecular formula is C13H22N4O. The zero-order valence-electron chi connectivity index (χ0n) is 11.0. The highest BCUT2D eigenvalue weighted by molar-refractivity contribution is 5.44. The number of aromatic nitrogens is 2. The molecule has 1 aromatic rings. The smallest absolute Gasteiger partial charge is 0.149 e. The first kappa shape index (κ1) is 13.1. The van der Waals surface area contributed by atoms with E-state index in [1.54, 1.807) is 12.4 Å². The molecule has 5 heteroatoms. The highest BCUT2D eigenvalue weighted by atomic mass is 16.3. The topological polar surface area (TPSA) is 61.3 Å². The van der Waals surface area contributed by atoms with Gasteiger partial charge in [-0.3, -0.25) is 4.98 Å². The molecule has 2 rings (SSSR count). The largest absolute Gasteiger partial charge is 0.395 e. The lowest BCUT2D eigenvalue weighted by Gasteiger charge is -2.34. The summed E-state index contributed by atoms with van der Waals surface area (Å²) in [6.07, 6.45) is 9.73. The molecule has 18 heavy (non-hydrogen) atoms. The SMILES string of the molecule is CNc1cncc(N(CCO)C2CCCCC2)n1. The minimum absolute atomic E-state index is 0.155. The molecule has 100 valence electrons. The third-order valence-electron chi connectivity index (χ3n) is 3.53.